The molecule has 1 saturated carbocycles. The van der Waals surface area contributed by atoms with Crippen LogP contribution >= 0.6 is 0 Å². The molecule has 9 heteroatoms. The lowest BCUT2D eigenvalue weighted by Gasteiger charge is -2.15. The van der Waals surface area contributed by atoms with Crippen molar-refractivity contribution >= 4 is 28.8 Å². The maximum atomic E-state index is 13.0. The van der Waals surface area contributed by atoms with Gasteiger partial charge in [-0.25, -0.2) is 0 Å². The summed E-state index contributed by atoms with van der Waals surface area (Å²) in [6, 6.07) is 14.5. The van der Waals surface area contributed by atoms with Crippen molar-refractivity contribution in [2.24, 2.45) is 11.5 Å². The van der Waals surface area contributed by atoms with Gasteiger partial charge in [-0.3, -0.25) is 19.6 Å². The molecule has 9 nitrogen and oxygen atoms in total. The normalized spacial score (nSPS) is 13.9. The van der Waals surface area contributed by atoms with Gasteiger partial charge in [0.25, 0.3) is 11.8 Å². The molecule has 1 fully saturated rings. The first-order valence-corrected chi connectivity index (χ1v) is 12.6. The highest BCUT2D eigenvalue weighted by molar-refractivity contribution is 6.04. The number of hydrogen-bond donors (Lipinski definition) is 4. The van der Waals surface area contributed by atoms with Gasteiger partial charge in [0, 0.05) is 47.1 Å². The summed E-state index contributed by atoms with van der Waals surface area (Å²) in [7, 11) is 0. The maximum Gasteiger partial charge on any atom is 0.270 e. The van der Waals surface area contributed by atoms with Crippen LogP contribution in [0.1, 0.15) is 69.9 Å². The molecule has 0 saturated heterocycles. The number of nitriles is 1. The number of aromatic nitrogens is 2. The summed E-state index contributed by atoms with van der Waals surface area (Å²) in [6.07, 6.45) is 8.21. The van der Waals surface area contributed by atoms with Gasteiger partial charge >= 0.3 is 0 Å². The molecule has 1 aromatic carbocycles. The number of allylic oxidation sites excluding steroid dienone is 2. The fraction of sp³-hybridized carbons (Fsp3) is 0.233. The van der Waals surface area contributed by atoms with Crippen LogP contribution in [0.5, 0.6) is 0 Å². The van der Waals surface area contributed by atoms with Gasteiger partial charge in [-0.2, -0.15) is 5.26 Å². The maximum absolute atomic E-state index is 13.0. The standard InChI is InChI=1S/C30H31N7O2/c1-18-4-5-23(37-28(38)20-9-11-35-27(14-20)30(2,3)17-32)15-24(18)25(33)12-21(16-31)19-8-10-34-26(13-19)29(39)36-22-6-7-22/h4-5,8-16,22H,6-7,31,33H2,1-3H3,(H,36,39)(H,37,38)/b21-16+,25-12-. The van der Waals surface area contributed by atoms with Crippen LogP contribution in [0.2, 0.25) is 0 Å². The largest absolute Gasteiger partial charge is 0.404 e. The van der Waals surface area contributed by atoms with E-state index in [1.165, 1.54) is 12.4 Å². The van der Waals surface area contributed by atoms with E-state index in [0.717, 1.165) is 18.4 Å². The molecule has 0 spiro atoms. The average Bonchev–Trinajstić information content (AvgIpc) is 3.76. The molecule has 2 heterocycles. The summed E-state index contributed by atoms with van der Waals surface area (Å²) in [5.74, 6) is -0.550. The molecular weight excluding hydrogens is 490 g/mol. The van der Waals surface area contributed by atoms with Gasteiger partial charge in [-0.05, 0) is 92.8 Å². The van der Waals surface area contributed by atoms with Crippen LogP contribution in [0.3, 0.4) is 0 Å². The molecule has 0 bridgehead atoms. The quantitative estimate of drug-likeness (QED) is 0.326. The van der Waals surface area contributed by atoms with E-state index in [-0.39, 0.29) is 17.9 Å². The van der Waals surface area contributed by atoms with E-state index < -0.39 is 5.41 Å². The van der Waals surface area contributed by atoms with Crippen LogP contribution in [0, 0.1) is 18.3 Å². The first-order chi connectivity index (χ1) is 18.6. The van der Waals surface area contributed by atoms with Gasteiger partial charge in [0.1, 0.15) is 5.69 Å². The molecule has 0 radical (unpaired) electrons. The van der Waals surface area contributed by atoms with Crippen LogP contribution < -0.4 is 22.1 Å². The predicted molar refractivity (Wildman–Crippen MR) is 151 cm³/mol. The highest BCUT2D eigenvalue weighted by Crippen LogP contribution is 2.26. The number of amides is 2. The topological polar surface area (TPSA) is 160 Å². The van der Waals surface area contributed by atoms with Crippen molar-refractivity contribution in [2.45, 2.75) is 45.1 Å². The van der Waals surface area contributed by atoms with E-state index in [2.05, 4.69) is 26.7 Å². The Morgan fingerprint density at radius 2 is 1.77 bits per heavy atom. The summed E-state index contributed by atoms with van der Waals surface area (Å²) >= 11 is 0. The Morgan fingerprint density at radius 3 is 2.46 bits per heavy atom. The minimum Gasteiger partial charge on any atom is -0.404 e. The number of nitrogens with two attached hydrogens (primary N) is 2. The predicted octanol–water partition coefficient (Wildman–Crippen LogP) is 4.03. The molecule has 4 rings (SSSR count). The van der Waals surface area contributed by atoms with Crippen LogP contribution in [-0.2, 0) is 5.41 Å². The molecule has 39 heavy (non-hydrogen) atoms. The van der Waals surface area contributed by atoms with Crippen LogP contribution in [0.25, 0.3) is 11.3 Å². The molecule has 0 unspecified atom stereocenters. The van der Waals surface area contributed by atoms with Crippen molar-refractivity contribution < 1.29 is 9.59 Å². The fourth-order valence-corrected chi connectivity index (χ4v) is 3.88. The fourth-order valence-electron chi connectivity index (χ4n) is 3.88. The number of carbonyl (C=O) groups excluding carboxylic acids is 2. The lowest BCUT2D eigenvalue weighted by molar-refractivity contribution is 0.0945. The first-order valence-electron chi connectivity index (χ1n) is 12.6. The molecule has 6 N–H and O–H groups in total. The zero-order chi connectivity index (χ0) is 28.2. The molecule has 2 amide bonds. The van der Waals surface area contributed by atoms with Gasteiger partial charge in [0.15, 0.2) is 0 Å². The number of pyridine rings is 2. The highest BCUT2D eigenvalue weighted by Gasteiger charge is 2.25. The molecule has 1 aliphatic rings. The second-order valence-corrected chi connectivity index (χ2v) is 10.0. The third kappa shape index (κ3) is 6.48. The van der Waals surface area contributed by atoms with Gasteiger partial charge in [0.2, 0.25) is 0 Å². The second kappa shape index (κ2) is 11.2. The zero-order valence-corrected chi connectivity index (χ0v) is 22.2. The molecule has 0 aliphatic heterocycles. The van der Waals surface area contributed by atoms with Crippen LogP contribution in [0.4, 0.5) is 5.69 Å². The van der Waals surface area contributed by atoms with Crippen molar-refractivity contribution in [1.29, 1.82) is 5.26 Å². The summed E-state index contributed by atoms with van der Waals surface area (Å²) in [5, 5.41) is 15.2. The molecule has 3 aromatic rings. The Morgan fingerprint density at radius 1 is 1.05 bits per heavy atom. The van der Waals surface area contributed by atoms with Crippen molar-refractivity contribution in [3.05, 3.63) is 101 Å². The van der Waals surface area contributed by atoms with E-state index in [1.807, 2.05) is 13.0 Å². The molecule has 2 aromatic heterocycles. The number of anilines is 1. The number of nitrogens with one attached hydrogen (secondary N) is 2. The highest BCUT2D eigenvalue weighted by atomic mass is 16.2. The Balaban J connectivity index is 1.56. The van der Waals surface area contributed by atoms with Crippen molar-refractivity contribution in [3.8, 4) is 6.07 Å². The smallest absolute Gasteiger partial charge is 0.270 e. The molecule has 0 atom stereocenters. The van der Waals surface area contributed by atoms with Crippen molar-refractivity contribution in [3.63, 3.8) is 0 Å². The average molecular weight is 522 g/mol. The second-order valence-electron chi connectivity index (χ2n) is 10.0. The lowest BCUT2D eigenvalue weighted by atomic mass is 9.90. The number of nitrogens with zero attached hydrogens (tertiary/aromatic N) is 3. The molecule has 198 valence electrons. The molecular formula is C30H31N7O2. The third-order valence-corrected chi connectivity index (χ3v) is 6.48. The monoisotopic (exact) mass is 521 g/mol. The van der Waals surface area contributed by atoms with E-state index in [4.69, 9.17) is 11.5 Å². The number of aryl methyl sites for hydroxylation is 1. The Bertz CT molecular complexity index is 1530. The van der Waals surface area contributed by atoms with E-state index >= 15 is 0 Å². The summed E-state index contributed by atoms with van der Waals surface area (Å²) in [5.41, 5.74) is 16.7. The van der Waals surface area contributed by atoms with E-state index in [9.17, 15) is 14.9 Å². The van der Waals surface area contributed by atoms with Gasteiger partial charge in [-0.1, -0.05) is 6.07 Å². The third-order valence-electron chi connectivity index (χ3n) is 6.48. The minimum absolute atomic E-state index is 0.218. The summed E-state index contributed by atoms with van der Waals surface area (Å²) in [6.45, 7) is 5.41. The van der Waals surface area contributed by atoms with Gasteiger partial charge in [-0.15, -0.1) is 0 Å². The molecule has 1 aliphatic carbocycles. The Kier molecular flexibility index (Phi) is 7.77. The number of hydrogen-bond acceptors (Lipinski definition) is 7. The van der Waals surface area contributed by atoms with Gasteiger partial charge < -0.3 is 22.1 Å². The van der Waals surface area contributed by atoms with Crippen molar-refractivity contribution in [1.82, 2.24) is 15.3 Å². The Hall–Kier alpha value is -4.97. The Labute approximate surface area is 227 Å². The lowest BCUT2D eigenvalue weighted by Crippen LogP contribution is -2.26. The van der Waals surface area contributed by atoms with Crippen molar-refractivity contribution in [2.75, 3.05) is 5.32 Å². The zero-order valence-electron chi connectivity index (χ0n) is 22.2. The van der Waals surface area contributed by atoms with Crippen LogP contribution in [0.15, 0.2) is 67.1 Å². The summed E-state index contributed by atoms with van der Waals surface area (Å²) < 4.78 is 0. The number of benzene rings is 1. The van der Waals surface area contributed by atoms with E-state index in [0.29, 0.717) is 45.0 Å². The van der Waals surface area contributed by atoms with Gasteiger partial charge in [0.05, 0.1) is 17.2 Å². The number of rotatable bonds is 8. The summed E-state index contributed by atoms with van der Waals surface area (Å²) in [4.78, 5) is 33.9. The van der Waals surface area contributed by atoms with E-state index in [1.54, 1.807) is 62.5 Å². The first kappa shape index (κ1) is 27.1. The number of carbonyl (C=O) groups is 2. The SMILES string of the molecule is Cc1ccc(NC(=O)c2ccnc(C(C)(C)C#N)c2)cc1/C(N)=C/C(=C\N)c1ccnc(C(=O)NC2CC2)c1. The van der Waals surface area contributed by atoms with Crippen LogP contribution in [-0.4, -0.2) is 27.8 Å². The minimum atomic E-state index is -0.822.